The van der Waals surface area contributed by atoms with Gasteiger partial charge in [0, 0.05) is 6.42 Å². The number of primary amides is 1. The third-order valence-corrected chi connectivity index (χ3v) is 6.35. The van der Waals surface area contributed by atoms with Crippen LogP contribution in [0.1, 0.15) is 51.9 Å². The van der Waals surface area contributed by atoms with E-state index in [2.05, 4.69) is 25.2 Å². The molecule has 0 heterocycles. The fourth-order valence-electron chi connectivity index (χ4n) is 1.50. The minimum atomic E-state index is -0.170. The molecule has 0 aliphatic heterocycles. The second-order valence-corrected chi connectivity index (χ2v) is 7.58. The number of carbonyl (C=O) groups excluding carboxylic acids is 1. The molecule has 0 bridgehead atoms. The second kappa shape index (κ2) is 18.3. The zero-order chi connectivity index (χ0) is 12.9. The van der Waals surface area contributed by atoms with Crippen LogP contribution in [0.5, 0.6) is 0 Å². The van der Waals surface area contributed by atoms with Gasteiger partial charge >= 0.3 is 53.2 Å². The van der Waals surface area contributed by atoms with E-state index in [0.29, 0.717) is 22.0 Å². The van der Waals surface area contributed by atoms with Crippen LogP contribution in [0.25, 0.3) is 0 Å². The summed E-state index contributed by atoms with van der Waals surface area (Å²) in [4.78, 5) is 10.3. The molecular weight excluding hydrogens is 336 g/mol. The molecule has 2 N–H and O–H groups in total. The summed E-state index contributed by atoms with van der Waals surface area (Å²) in [6.07, 6.45) is 14.4. The van der Waals surface area contributed by atoms with Crippen molar-refractivity contribution in [1.29, 1.82) is 0 Å². The van der Waals surface area contributed by atoms with E-state index in [-0.39, 0.29) is 30.7 Å². The van der Waals surface area contributed by atoms with E-state index in [0.717, 1.165) is 12.8 Å². The minimum absolute atomic E-state index is 0. The molecule has 0 aromatic heterocycles. The van der Waals surface area contributed by atoms with Crippen LogP contribution in [-0.2, 0) is 20.4 Å². The second-order valence-electron chi connectivity index (χ2n) is 4.14. The molecule has 1 rings (SSSR count). The van der Waals surface area contributed by atoms with Crippen molar-refractivity contribution in [2.45, 2.75) is 51.9 Å². The maximum absolute atomic E-state index is 10.3. The van der Waals surface area contributed by atoms with Crippen LogP contribution in [-0.4, -0.2) is 14.5 Å². The number of rotatable bonds is 7. The molecule has 0 saturated heterocycles. The van der Waals surface area contributed by atoms with Crippen LogP contribution in [0.3, 0.4) is 0 Å². The van der Waals surface area contributed by atoms with E-state index in [1.54, 1.807) is 4.28 Å². The maximum atomic E-state index is 10.3. The first kappa shape index (κ1) is 24.4. The average molecular weight is 361 g/mol. The van der Waals surface area contributed by atoms with Crippen molar-refractivity contribution >= 4 is 14.5 Å². The zero-order valence-electron chi connectivity index (χ0n) is 11.9. The van der Waals surface area contributed by atoms with Gasteiger partial charge in [-0.05, 0) is 6.42 Å². The third-order valence-electron chi connectivity index (χ3n) is 2.57. The van der Waals surface area contributed by atoms with Crippen LogP contribution >= 0.6 is 0 Å². The van der Waals surface area contributed by atoms with Crippen LogP contribution in [0, 0.1) is 0 Å². The summed E-state index contributed by atoms with van der Waals surface area (Å²) in [5, 5.41) is 0. The van der Waals surface area contributed by atoms with E-state index in [1.165, 1.54) is 34.3 Å². The Hall–Kier alpha value is 0.331. The standard InChI is InChI=1S/C8H17NO.C5H5.2ClH.H3Si.V/c1-2-3-4-5-6-7-8(9)10;1-2-4-5-3-1;;;;/h2-7H2,1H3,(H2,9,10);1-3H,4H2;2*1H;1H3;/q;;;;;+2/p-2. The van der Waals surface area contributed by atoms with Crippen molar-refractivity contribution in [1.82, 2.24) is 0 Å². The molecule has 1 aliphatic carbocycles. The molecule has 111 valence electrons. The van der Waals surface area contributed by atoms with E-state index in [4.69, 9.17) is 5.73 Å². The molecule has 0 fully saturated rings. The SMILES string of the molecule is CCCCCCCC(N)=O.[Cl-].[Cl-].[SiH3][V+2][C]1=CC=CC1. The molecule has 0 aromatic carbocycles. The summed E-state index contributed by atoms with van der Waals surface area (Å²) >= 11 is 0.661. The molecule has 6 heteroatoms. The molecular formula is C13H25Cl2NOSiV. The number of nitrogens with two attached hydrogens (primary N) is 1. The number of allylic oxidation sites excluding steroid dienone is 4. The fourth-order valence-corrected chi connectivity index (χ4v) is 3.69. The van der Waals surface area contributed by atoms with Crippen LogP contribution in [0.4, 0.5) is 0 Å². The normalized spacial score (nSPS) is 11.3. The van der Waals surface area contributed by atoms with Crippen molar-refractivity contribution in [3.05, 3.63) is 22.5 Å². The van der Waals surface area contributed by atoms with Gasteiger partial charge in [-0.15, -0.1) is 0 Å². The molecule has 0 atom stereocenters. The summed E-state index contributed by atoms with van der Waals surface area (Å²) in [7, 11) is 1.42. The number of carbonyl (C=O) groups is 1. The first-order valence-electron chi connectivity index (χ1n) is 6.44. The van der Waals surface area contributed by atoms with Crippen LogP contribution < -0.4 is 30.5 Å². The van der Waals surface area contributed by atoms with Gasteiger partial charge in [-0.3, -0.25) is 4.79 Å². The molecule has 0 spiro atoms. The summed E-state index contributed by atoms with van der Waals surface area (Å²) in [5.41, 5.74) is 4.97. The summed E-state index contributed by atoms with van der Waals surface area (Å²) in [6, 6.07) is 0. The zero-order valence-corrected chi connectivity index (χ0v) is 16.8. The molecule has 19 heavy (non-hydrogen) atoms. The molecule has 1 aliphatic rings. The Morgan fingerprint density at radius 3 is 2.32 bits per heavy atom. The van der Waals surface area contributed by atoms with Gasteiger partial charge in [0.25, 0.3) is 0 Å². The van der Waals surface area contributed by atoms with Gasteiger partial charge in [0.05, 0.1) is 0 Å². The van der Waals surface area contributed by atoms with Gasteiger partial charge in [-0.25, -0.2) is 0 Å². The van der Waals surface area contributed by atoms with Crippen LogP contribution in [0.2, 0.25) is 0 Å². The molecule has 0 unspecified atom stereocenters. The van der Waals surface area contributed by atoms with Gasteiger partial charge in [-0.1, -0.05) is 32.6 Å². The molecule has 0 radical (unpaired) electrons. The van der Waals surface area contributed by atoms with Gasteiger partial charge < -0.3 is 30.5 Å². The van der Waals surface area contributed by atoms with E-state index in [1.807, 2.05) is 0 Å². The number of hydrogen-bond donors (Lipinski definition) is 1. The van der Waals surface area contributed by atoms with E-state index in [9.17, 15) is 4.79 Å². The van der Waals surface area contributed by atoms with Gasteiger partial charge in [-0.2, -0.15) is 0 Å². The summed E-state index contributed by atoms with van der Waals surface area (Å²) < 4.78 is 1.71. The summed E-state index contributed by atoms with van der Waals surface area (Å²) in [5.74, 6) is -0.170. The van der Waals surface area contributed by atoms with E-state index < -0.39 is 0 Å². The number of halogens is 2. The van der Waals surface area contributed by atoms with Crippen molar-refractivity contribution in [3.63, 3.8) is 0 Å². The quantitative estimate of drug-likeness (QED) is 0.365. The van der Waals surface area contributed by atoms with Crippen molar-refractivity contribution in [2.75, 3.05) is 0 Å². The van der Waals surface area contributed by atoms with Crippen LogP contribution in [0.15, 0.2) is 22.5 Å². The Bertz CT molecular complexity index is 273. The molecule has 2 nitrogen and oxygen atoms in total. The third kappa shape index (κ3) is 18.3. The number of unbranched alkanes of at least 4 members (excludes halogenated alkanes) is 4. The Labute approximate surface area is 139 Å². The van der Waals surface area contributed by atoms with Gasteiger partial charge in [0.15, 0.2) is 0 Å². The van der Waals surface area contributed by atoms with E-state index >= 15 is 0 Å². The van der Waals surface area contributed by atoms with Gasteiger partial charge in [0.1, 0.15) is 0 Å². The topological polar surface area (TPSA) is 43.1 Å². The van der Waals surface area contributed by atoms with Crippen molar-refractivity contribution in [2.24, 2.45) is 5.73 Å². The number of amides is 1. The number of hydrogen-bond acceptors (Lipinski definition) is 1. The predicted octanol–water partition coefficient (Wildman–Crippen LogP) is -3.97. The van der Waals surface area contributed by atoms with Gasteiger partial charge in [0.2, 0.25) is 5.91 Å². The Kier molecular flexibility index (Phi) is 23.5. The Morgan fingerprint density at radius 1 is 1.32 bits per heavy atom. The fraction of sp³-hybridized carbons (Fsp3) is 0.615. The van der Waals surface area contributed by atoms with Crippen molar-refractivity contribution in [3.8, 4) is 0 Å². The first-order chi connectivity index (χ1) is 8.20. The monoisotopic (exact) mass is 360 g/mol. The molecule has 0 saturated carbocycles. The van der Waals surface area contributed by atoms with Crippen molar-refractivity contribution < 1.29 is 45.2 Å². The Balaban J connectivity index is -0.000000253. The Morgan fingerprint density at radius 2 is 1.95 bits per heavy atom. The predicted molar refractivity (Wildman–Crippen MR) is 74.3 cm³/mol. The first-order valence-corrected chi connectivity index (χ1v) is 12.2. The summed E-state index contributed by atoms with van der Waals surface area (Å²) in [6.45, 7) is 2.17. The molecule has 1 amide bonds. The average Bonchev–Trinajstić information content (AvgIpc) is 2.82. The molecule has 0 aromatic rings.